The quantitative estimate of drug-likeness (QED) is 0.753. The number of rotatable bonds is 2. The van der Waals surface area contributed by atoms with E-state index >= 15 is 0 Å². The van der Waals surface area contributed by atoms with Crippen molar-refractivity contribution in [2.75, 3.05) is 0 Å². The Kier molecular flexibility index (Phi) is 2.85. The lowest BCUT2D eigenvalue weighted by atomic mass is 10.2. The molecule has 0 radical (unpaired) electrons. The van der Waals surface area contributed by atoms with E-state index in [-0.39, 0.29) is 0 Å². The number of pyridine rings is 1. The topological polar surface area (TPSA) is 70.4 Å². The Morgan fingerprint density at radius 2 is 2.14 bits per heavy atom. The third-order valence-electron chi connectivity index (χ3n) is 1.42. The van der Waals surface area contributed by atoms with Crippen LogP contribution in [0.5, 0.6) is 5.75 Å². The standard InChI is InChI=1S/C7H4ClF2NO3/c8-5-3(12)1-2(6(9)10)4(11-5)7(13)14/h1,6,12H,(H,13,14). The third kappa shape index (κ3) is 1.90. The van der Waals surface area contributed by atoms with E-state index in [4.69, 9.17) is 21.8 Å². The first-order chi connectivity index (χ1) is 6.43. The average molecular weight is 224 g/mol. The second-order valence-electron chi connectivity index (χ2n) is 2.34. The fourth-order valence-electron chi connectivity index (χ4n) is 0.833. The van der Waals surface area contributed by atoms with Crippen molar-refractivity contribution in [3.8, 4) is 5.75 Å². The largest absolute Gasteiger partial charge is 0.505 e. The minimum Gasteiger partial charge on any atom is -0.505 e. The van der Waals surface area contributed by atoms with Crippen molar-refractivity contribution in [2.24, 2.45) is 0 Å². The maximum Gasteiger partial charge on any atom is 0.355 e. The zero-order valence-corrected chi connectivity index (χ0v) is 7.29. The molecule has 0 saturated heterocycles. The maximum atomic E-state index is 12.2. The Bertz CT molecular complexity index is 383. The molecule has 0 aliphatic carbocycles. The van der Waals surface area contributed by atoms with E-state index in [0.717, 1.165) is 0 Å². The zero-order valence-electron chi connectivity index (χ0n) is 6.54. The van der Waals surface area contributed by atoms with Gasteiger partial charge < -0.3 is 10.2 Å². The van der Waals surface area contributed by atoms with E-state index in [1.807, 2.05) is 0 Å². The first kappa shape index (κ1) is 10.6. The highest BCUT2D eigenvalue weighted by atomic mass is 35.5. The first-order valence-corrected chi connectivity index (χ1v) is 3.72. The lowest BCUT2D eigenvalue weighted by molar-refractivity contribution is 0.0677. The Labute approximate surface area is 81.8 Å². The summed E-state index contributed by atoms with van der Waals surface area (Å²) in [5.74, 6) is -2.30. The number of aromatic carboxylic acids is 1. The molecule has 7 heteroatoms. The average Bonchev–Trinajstić information content (AvgIpc) is 2.08. The van der Waals surface area contributed by atoms with Crippen molar-refractivity contribution in [3.05, 3.63) is 22.5 Å². The van der Waals surface area contributed by atoms with Crippen LogP contribution in [0.1, 0.15) is 22.5 Å². The molecule has 1 heterocycles. The van der Waals surface area contributed by atoms with Gasteiger partial charge in [0, 0.05) is 0 Å². The molecule has 0 aliphatic heterocycles. The van der Waals surface area contributed by atoms with Crippen LogP contribution < -0.4 is 0 Å². The molecule has 1 aromatic rings. The van der Waals surface area contributed by atoms with Gasteiger partial charge in [-0.25, -0.2) is 18.6 Å². The fourth-order valence-corrected chi connectivity index (χ4v) is 0.972. The van der Waals surface area contributed by atoms with Gasteiger partial charge in [-0.15, -0.1) is 0 Å². The minimum absolute atomic E-state index is 0.521. The number of hydrogen-bond acceptors (Lipinski definition) is 3. The first-order valence-electron chi connectivity index (χ1n) is 3.34. The van der Waals surface area contributed by atoms with Crippen LogP contribution in [0.4, 0.5) is 8.78 Å². The second kappa shape index (κ2) is 3.75. The lowest BCUT2D eigenvalue weighted by Gasteiger charge is -2.05. The summed E-state index contributed by atoms with van der Waals surface area (Å²) in [6.07, 6.45) is -3.03. The van der Waals surface area contributed by atoms with Crippen LogP contribution >= 0.6 is 11.6 Å². The second-order valence-corrected chi connectivity index (χ2v) is 2.70. The van der Waals surface area contributed by atoms with E-state index in [9.17, 15) is 13.6 Å². The summed E-state index contributed by atoms with van der Waals surface area (Å²) in [7, 11) is 0. The number of aromatic hydroxyl groups is 1. The summed E-state index contributed by atoms with van der Waals surface area (Å²) < 4.78 is 24.5. The van der Waals surface area contributed by atoms with Gasteiger partial charge in [-0.2, -0.15) is 0 Å². The molecule has 0 spiro atoms. The number of aromatic nitrogens is 1. The van der Waals surface area contributed by atoms with Gasteiger partial charge in [0.2, 0.25) is 0 Å². The van der Waals surface area contributed by atoms with Crippen LogP contribution in [0.3, 0.4) is 0 Å². The van der Waals surface area contributed by atoms with E-state index in [2.05, 4.69) is 4.98 Å². The van der Waals surface area contributed by atoms with Crippen LogP contribution in [0.25, 0.3) is 0 Å². The summed E-state index contributed by atoms with van der Waals surface area (Å²) in [4.78, 5) is 13.6. The Balaban J connectivity index is 3.39. The molecule has 0 aliphatic rings. The maximum absolute atomic E-state index is 12.2. The Morgan fingerprint density at radius 3 is 2.57 bits per heavy atom. The molecule has 14 heavy (non-hydrogen) atoms. The summed E-state index contributed by atoms with van der Waals surface area (Å²) in [6, 6.07) is 0.587. The molecule has 0 fully saturated rings. The lowest BCUT2D eigenvalue weighted by Crippen LogP contribution is -2.06. The van der Waals surface area contributed by atoms with Crippen molar-refractivity contribution in [1.29, 1.82) is 0 Å². The number of hydrogen-bond donors (Lipinski definition) is 2. The normalized spacial score (nSPS) is 10.6. The van der Waals surface area contributed by atoms with Crippen molar-refractivity contribution >= 4 is 17.6 Å². The fraction of sp³-hybridized carbons (Fsp3) is 0.143. The number of carboxylic acids is 1. The van der Waals surface area contributed by atoms with E-state index in [1.165, 1.54) is 0 Å². The van der Waals surface area contributed by atoms with Gasteiger partial charge in [0.25, 0.3) is 6.43 Å². The Hall–Kier alpha value is -1.43. The Morgan fingerprint density at radius 1 is 1.57 bits per heavy atom. The zero-order chi connectivity index (χ0) is 10.9. The van der Waals surface area contributed by atoms with Crippen LogP contribution in [-0.2, 0) is 0 Å². The van der Waals surface area contributed by atoms with Crippen molar-refractivity contribution in [1.82, 2.24) is 4.98 Å². The summed E-state index contributed by atoms with van der Waals surface area (Å²) >= 11 is 5.27. The molecule has 0 atom stereocenters. The molecule has 1 aromatic heterocycles. The van der Waals surface area contributed by atoms with Crippen LogP contribution in [0.15, 0.2) is 6.07 Å². The van der Waals surface area contributed by atoms with E-state index in [0.29, 0.717) is 6.07 Å². The van der Waals surface area contributed by atoms with Gasteiger partial charge >= 0.3 is 5.97 Å². The summed E-state index contributed by atoms with van der Waals surface area (Å²) in [6.45, 7) is 0. The van der Waals surface area contributed by atoms with Gasteiger partial charge in [0.1, 0.15) is 0 Å². The molecule has 76 valence electrons. The smallest absolute Gasteiger partial charge is 0.355 e. The number of alkyl halides is 2. The molecule has 0 unspecified atom stereocenters. The number of halogens is 3. The predicted molar refractivity (Wildman–Crippen MR) is 42.8 cm³/mol. The highest BCUT2D eigenvalue weighted by Crippen LogP contribution is 2.29. The molecule has 0 aromatic carbocycles. The molecular formula is C7H4ClF2NO3. The molecule has 1 rings (SSSR count). The molecule has 0 saturated carbocycles. The van der Waals surface area contributed by atoms with Crippen LogP contribution in [-0.4, -0.2) is 21.2 Å². The molecular weight excluding hydrogens is 220 g/mol. The predicted octanol–water partition coefficient (Wildman–Crippen LogP) is 2.08. The van der Waals surface area contributed by atoms with Gasteiger partial charge in [-0.3, -0.25) is 0 Å². The van der Waals surface area contributed by atoms with Gasteiger partial charge in [0.15, 0.2) is 16.6 Å². The number of carboxylic acid groups (broad SMARTS) is 1. The summed E-state index contributed by atoms with van der Waals surface area (Å²) in [5, 5.41) is 16.9. The van der Waals surface area contributed by atoms with Crippen molar-refractivity contribution < 1.29 is 23.8 Å². The highest BCUT2D eigenvalue weighted by molar-refractivity contribution is 6.30. The monoisotopic (exact) mass is 223 g/mol. The third-order valence-corrected chi connectivity index (χ3v) is 1.70. The highest BCUT2D eigenvalue weighted by Gasteiger charge is 2.21. The molecule has 0 amide bonds. The van der Waals surface area contributed by atoms with Gasteiger partial charge in [-0.05, 0) is 6.07 Å². The van der Waals surface area contributed by atoms with Crippen LogP contribution in [0, 0.1) is 0 Å². The number of nitrogens with zero attached hydrogens (tertiary/aromatic N) is 1. The SMILES string of the molecule is O=C(O)c1nc(Cl)c(O)cc1C(F)F. The van der Waals surface area contributed by atoms with Crippen LogP contribution in [0.2, 0.25) is 5.15 Å². The number of carbonyl (C=O) groups is 1. The summed E-state index contributed by atoms with van der Waals surface area (Å²) in [5.41, 5.74) is -1.72. The molecule has 2 N–H and O–H groups in total. The van der Waals surface area contributed by atoms with E-state index in [1.54, 1.807) is 0 Å². The van der Waals surface area contributed by atoms with Crippen molar-refractivity contribution in [3.63, 3.8) is 0 Å². The minimum atomic E-state index is -3.03. The molecule has 4 nitrogen and oxygen atoms in total. The van der Waals surface area contributed by atoms with Crippen molar-refractivity contribution in [2.45, 2.75) is 6.43 Å². The molecule has 0 bridgehead atoms. The van der Waals surface area contributed by atoms with E-state index < -0.39 is 34.6 Å². The van der Waals surface area contributed by atoms with Gasteiger partial charge in [0.05, 0.1) is 5.56 Å². The van der Waals surface area contributed by atoms with Gasteiger partial charge in [-0.1, -0.05) is 11.6 Å².